The number of amides is 1. The van der Waals surface area contributed by atoms with E-state index in [1.54, 1.807) is 18.2 Å². The molecule has 4 rings (SSSR count). The Morgan fingerprint density at radius 3 is 2.24 bits per heavy atom. The van der Waals surface area contributed by atoms with Crippen molar-refractivity contribution in [1.29, 1.82) is 0 Å². The lowest BCUT2D eigenvalue weighted by molar-refractivity contribution is 0.00578. The molecule has 9 nitrogen and oxygen atoms in total. The summed E-state index contributed by atoms with van der Waals surface area (Å²) in [6, 6.07) is 7.70. The Labute approximate surface area is 220 Å². The summed E-state index contributed by atoms with van der Waals surface area (Å²) in [5.74, 6) is 1.47. The molecule has 0 spiro atoms. The highest BCUT2D eigenvalue weighted by atomic mass is 16.7. The number of pyridine rings is 1. The van der Waals surface area contributed by atoms with E-state index in [2.05, 4.69) is 9.88 Å². The lowest BCUT2D eigenvalue weighted by Gasteiger charge is -2.36. The number of anilines is 2. The summed E-state index contributed by atoms with van der Waals surface area (Å²) >= 11 is 0. The Balaban J connectivity index is 1.58. The fourth-order valence-corrected chi connectivity index (χ4v) is 4.47. The molecule has 37 heavy (non-hydrogen) atoms. The van der Waals surface area contributed by atoms with Crippen molar-refractivity contribution in [1.82, 2.24) is 9.88 Å². The topological polar surface area (TPSA) is 99.4 Å². The minimum absolute atomic E-state index is 0.284. The zero-order valence-corrected chi connectivity index (χ0v) is 23.3. The van der Waals surface area contributed by atoms with Crippen molar-refractivity contribution >= 4 is 30.2 Å². The Bertz CT molecular complexity index is 1140. The van der Waals surface area contributed by atoms with Gasteiger partial charge in [-0.3, -0.25) is 0 Å². The number of hydrogen-bond donors (Lipinski definition) is 1. The van der Waals surface area contributed by atoms with Gasteiger partial charge in [0.2, 0.25) is 0 Å². The maximum Gasteiger partial charge on any atom is 0.498 e. The van der Waals surface area contributed by atoms with Gasteiger partial charge < -0.3 is 34.3 Å². The first-order valence-corrected chi connectivity index (χ1v) is 12.7. The molecule has 2 N–H and O–H groups in total. The Kier molecular flexibility index (Phi) is 7.11. The highest BCUT2D eigenvalue weighted by Crippen LogP contribution is 2.39. The SMILES string of the molecule is COc1c(B2OC(C)(C)C(C)(C)O2)cc(N)cc1-c1ccnc(N2CCN(C(=O)OC(C)(C)C)CC2)c1. The van der Waals surface area contributed by atoms with Crippen LogP contribution in [0.3, 0.4) is 0 Å². The summed E-state index contributed by atoms with van der Waals surface area (Å²) in [6.45, 7) is 16.1. The van der Waals surface area contributed by atoms with Gasteiger partial charge in [-0.15, -0.1) is 0 Å². The van der Waals surface area contributed by atoms with Crippen molar-refractivity contribution in [2.45, 2.75) is 65.3 Å². The molecular weight excluding hydrogens is 471 g/mol. The van der Waals surface area contributed by atoms with Gasteiger partial charge in [0.15, 0.2) is 0 Å². The molecular formula is C27H39BN4O5. The lowest BCUT2D eigenvalue weighted by atomic mass is 9.76. The molecule has 2 aliphatic rings. The summed E-state index contributed by atoms with van der Waals surface area (Å²) in [4.78, 5) is 21.0. The van der Waals surface area contributed by atoms with Crippen LogP contribution in [-0.4, -0.2) is 73.2 Å². The van der Waals surface area contributed by atoms with E-state index in [0.29, 0.717) is 37.6 Å². The van der Waals surface area contributed by atoms with E-state index in [0.717, 1.165) is 22.4 Å². The monoisotopic (exact) mass is 510 g/mol. The van der Waals surface area contributed by atoms with E-state index < -0.39 is 23.9 Å². The third kappa shape index (κ3) is 5.65. The van der Waals surface area contributed by atoms with E-state index >= 15 is 0 Å². The fraction of sp³-hybridized carbons (Fsp3) is 0.556. The number of carbonyl (C=O) groups excluding carboxylic acids is 1. The van der Waals surface area contributed by atoms with E-state index in [-0.39, 0.29) is 6.09 Å². The maximum absolute atomic E-state index is 12.4. The fourth-order valence-electron chi connectivity index (χ4n) is 4.47. The first-order chi connectivity index (χ1) is 17.2. The first kappa shape index (κ1) is 27.1. The Morgan fingerprint density at radius 2 is 1.68 bits per heavy atom. The number of benzene rings is 1. The van der Waals surface area contributed by atoms with Crippen LogP contribution in [0.1, 0.15) is 48.5 Å². The molecule has 1 aromatic heterocycles. The number of piperazine rings is 1. The van der Waals surface area contributed by atoms with Crippen LogP contribution in [0.2, 0.25) is 0 Å². The van der Waals surface area contributed by atoms with Gasteiger partial charge in [0.25, 0.3) is 0 Å². The van der Waals surface area contributed by atoms with Crippen molar-refractivity contribution in [3.05, 3.63) is 30.5 Å². The smallest absolute Gasteiger partial charge is 0.496 e. The third-order valence-electron chi connectivity index (χ3n) is 7.16. The number of ether oxygens (including phenoxy) is 2. The summed E-state index contributed by atoms with van der Waals surface area (Å²) in [6.07, 6.45) is 1.50. The van der Waals surface area contributed by atoms with Crippen LogP contribution in [0.15, 0.2) is 30.5 Å². The molecule has 2 aliphatic heterocycles. The first-order valence-electron chi connectivity index (χ1n) is 12.7. The lowest BCUT2D eigenvalue weighted by Crippen LogP contribution is -2.50. The van der Waals surface area contributed by atoms with Gasteiger partial charge >= 0.3 is 13.2 Å². The zero-order chi connectivity index (χ0) is 27.2. The average Bonchev–Trinajstić information content (AvgIpc) is 3.04. The van der Waals surface area contributed by atoms with Gasteiger partial charge in [-0.25, -0.2) is 9.78 Å². The zero-order valence-electron chi connectivity index (χ0n) is 23.3. The number of nitrogens with zero attached hydrogens (tertiary/aromatic N) is 3. The molecule has 0 radical (unpaired) electrons. The summed E-state index contributed by atoms with van der Waals surface area (Å²) < 4.78 is 24.0. The van der Waals surface area contributed by atoms with Crippen LogP contribution in [0.5, 0.6) is 5.75 Å². The largest absolute Gasteiger partial charge is 0.498 e. The molecule has 2 saturated heterocycles. The van der Waals surface area contributed by atoms with Gasteiger partial charge in [0.1, 0.15) is 17.2 Å². The van der Waals surface area contributed by atoms with Crippen molar-refractivity contribution < 1.29 is 23.6 Å². The Morgan fingerprint density at radius 1 is 1.05 bits per heavy atom. The van der Waals surface area contributed by atoms with E-state index in [9.17, 15) is 4.79 Å². The van der Waals surface area contributed by atoms with E-state index in [4.69, 9.17) is 24.5 Å². The maximum atomic E-state index is 12.4. The quantitative estimate of drug-likeness (QED) is 0.491. The van der Waals surface area contributed by atoms with Crippen molar-refractivity contribution in [2.24, 2.45) is 0 Å². The molecule has 1 aromatic carbocycles. The van der Waals surface area contributed by atoms with Crippen LogP contribution in [0, 0.1) is 0 Å². The van der Waals surface area contributed by atoms with Gasteiger partial charge in [0.05, 0.1) is 18.3 Å². The molecule has 3 heterocycles. The highest BCUT2D eigenvalue weighted by Gasteiger charge is 2.52. The van der Waals surface area contributed by atoms with Gasteiger partial charge in [-0.05, 0) is 78.3 Å². The van der Waals surface area contributed by atoms with Gasteiger partial charge in [-0.2, -0.15) is 0 Å². The second-order valence-electron chi connectivity index (χ2n) is 11.6. The number of aromatic nitrogens is 1. The van der Waals surface area contributed by atoms with Crippen molar-refractivity contribution in [3.63, 3.8) is 0 Å². The van der Waals surface area contributed by atoms with E-state index in [1.807, 2.05) is 72.7 Å². The molecule has 2 aromatic rings. The number of rotatable bonds is 4. The van der Waals surface area contributed by atoms with Crippen molar-refractivity contribution in [3.8, 4) is 16.9 Å². The molecule has 10 heteroatoms. The number of hydrogen-bond acceptors (Lipinski definition) is 8. The molecule has 2 fully saturated rings. The minimum atomic E-state index is -0.607. The van der Waals surface area contributed by atoms with Crippen molar-refractivity contribution in [2.75, 3.05) is 43.9 Å². The highest BCUT2D eigenvalue weighted by molar-refractivity contribution is 6.63. The number of nitrogens with two attached hydrogens (primary N) is 1. The predicted molar refractivity (Wildman–Crippen MR) is 146 cm³/mol. The third-order valence-corrected chi connectivity index (χ3v) is 7.16. The minimum Gasteiger partial charge on any atom is -0.496 e. The number of nitrogen functional groups attached to an aromatic ring is 1. The van der Waals surface area contributed by atoms with Crippen LogP contribution in [-0.2, 0) is 14.0 Å². The molecule has 0 aliphatic carbocycles. The summed E-state index contributed by atoms with van der Waals surface area (Å²) in [7, 11) is 1.03. The van der Waals surface area contributed by atoms with Gasteiger partial charge in [-0.1, -0.05) is 0 Å². The Hall–Kier alpha value is -2.98. The molecule has 0 atom stereocenters. The average molecular weight is 510 g/mol. The predicted octanol–water partition coefficient (Wildman–Crippen LogP) is 3.70. The van der Waals surface area contributed by atoms with Crippen LogP contribution < -0.4 is 20.8 Å². The van der Waals surface area contributed by atoms with Crippen LogP contribution in [0.25, 0.3) is 11.1 Å². The van der Waals surface area contributed by atoms with Crippen LogP contribution >= 0.6 is 0 Å². The normalized spacial score (nSPS) is 19.2. The number of methoxy groups -OCH3 is 1. The summed E-state index contributed by atoms with van der Waals surface area (Å²) in [5, 5.41) is 0. The molecule has 1 amide bonds. The molecule has 0 bridgehead atoms. The molecule has 0 saturated carbocycles. The van der Waals surface area contributed by atoms with E-state index in [1.165, 1.54) is 0 Å². The van der Waals surface area contributed by atoms with Gasteiger partial charge in [0, 0.05) is 49.1 Å². The summed E-state index contributed by atoms with van der Waals surface area (Å²) in [5.41, 5.74) is 7.95. The standard InChI is InChI=1S/C27H39BN4O5/c1-25(2,3)35-24(33)32-13-11-31(12-14-32)22-15-18(9-10-30-22)20-16-19(29)17-21(23(20)34-8)28-36-26(4,5)27(6,7)37-28/h9-10,15-17H,11-14,29H2,1-8H3. The number of carbonyl (C=O) groups is 1. The second-order valence-corrected chi connectivity index (χ2v) is 11.6. The van der Waals surface area contributed by atoms with Crippen LogP contribution in [0.4, 0.5) is 16.3 Å². The molecule has 200 valence electrons. The second kappa shape index (κ2) is 9.72. The molecule has 0 unspecified atom stereocenters.